The van der Waals surface area contributed by atoms with Crippen molar-refractivity contribution in [1.82, 2.24) is 4.90 Å². The van der Waals surface area contributed by atoms with Crippen molar-refractivity contribution in [1.29, 1.82) is 0 Å². The summed E-state index contributed by atoms with van der Waals surface area (Å²) in [5.41, 5.74) is 0. The van der Waals surface area contributed by atoms with E-state index in [1.807, 2.05) is 0 Å². The lowest BCUT2D eigenvalue weighted by molar-refractivity contribution is -0.101. The number of aliphatic hydroxyl groups excluding tert-OH is 1. The minimum atomic E-state index is 0.0428. The van der Waals surface area contributed by atoms with Crippen LogP contribution in [0.3, 0.4) is 0 Å². The third-order valence-corrected chi connectivity index (χ3v) is 2.66. The van der Waals surface area contributed by atoms with Gasteiger partial charge in [-0.1, -0.05) is 0 Å². The topological polar surface area (TPSA) is 23.5 Å². The van der Waals surface area contributed by atoms with Gasteiger partial charge in [0.15, 0.2) is 0 Å². The summed E-state index contributed by atoms with van der Waals surface area (Å²) in [6, 6.07) is 0. The molecule has 2 bridgehead atoms. The number of hydrogen-bond acceptors (Lipinski definition) is 2. The number of hydrogen-bond donors (Lipinski definition) is 1. The van der Waals surface area contributed by atoms with E-state index in [0.29, 0.717) is 11.8 Å². The molecule has 0 aromatic rings. The van der Waals surface area contributed by atoms with E-state index in [9.17, 15) is 5.11 Å². The summed E-state index contributed by atoms with van der Waals surface area (Å²) in [5, 5.41) is 9.32. The van der Waals surface area contributed by atoms with E-state index in [4.69, 9.17) is 0 Å². The van der Waals surface area contributed by atoms with Crippen LogP contribution in [0.25, 0.3) is 0 Å². The van der Waals surface area contributed by atoms with Gasteiger partial charge in [0.25, 0.3) is 0 Å². The lowest BCUT2D eigenvalue weighted by Gasteiger charge is -2.50. The lowest BCUT2D eigenvalue weighted by Crippen LogP contribution is -2.57. The van der Waals surface area contributed by atoms with Gasteiger partial charge in [-0.05, 0) is 25.3 Å². The second-order valence-electron chi connectivity index (χ2n) is 3.47. The molecular weight excluding hydrogens is 114 g/mol. The highest BCUT2D eigenvalue weighted by Crippen LogP contribution is 2.38. The number of aliphatic hydroxyl groups is 1. The first-order valence-electron chi connectivity index (χ1n) is 3.64. The van der Waals surface area contributed by atoms with Crippen LogP contribution in [0.5, 0.6) is 0 Å². The first-order chi connectivity index (χ1) is 4.27. The molecule has 2 aliphatic heterocycles. The molecule has 0 radical (unpaired) electrons. The fourth-order valence-electron chi connectivity index (χ4n) is 2.10. The van der Waals surface area contributed by atoms with Gasteiger partial charge in [-0.3, -0.25) is 0 Å². The van der Waals surface area contributed by atoms with Crippen molar-refractivity contribution in [2.45, 2.75) is 12.5 Å². The molecule has 0 spiro atoms. The average Bonchev–Trinajstić information content (AvgIpc) is 1.87. The Morgan fingerprint density at radius 1 is 1.33 bits per heavy atom. The van der Waals surface area contributed by atoms with Crippen LogP contribution in [0.15, 0.2) is 0 Å². The van der Waals surface area contributed by atoms with Crippen molar-refractivity contribution in [3.8, 4) is 0 Å². The standard InChI is InChI=1S/C7H13NO/c1-8-3-5-2-6(4-8)7(5)9/h5-7,9H,2-4H2,1H3/t5-,6+,7+. The van der Waals surface area contributed by atoms with Crippen LogP contribution < -0.4 is 0 Å². The fourth-order valence-corrected chi connectivity index (χ4v) is 2.10. The Kier molecular flexibility index (Phi) is 1.08. The molecule has 1 saturated carbocycles. The van der Waals surface area contributed by atoms with Gasteiger partial charge in [0.2, 0.25) is 0 Å². The molecule has 9 heavy (non-hydrogen) atoms. The molecule has 0 unspecified atom stereocenters. The summed E-state index contributed by atoms with van der Waals surface area (Å²) in [4.78, 5) is 2.31. The van der Waals surface area contributed by atoms with E-state index in [-0.39, 0.29) is 6.10 Å². The molecule has 52 valence electrons. The van der Waals surface area contributed by atoms with Crippen molar-refractivity contribution in [2.75, 3.05) is 20.1 Å². The molecule has 0 aromatic heterocycles. The maximum atomic E-state index is 9.32. The van der Waals surface area contributed by atoms with Crippen LogP contribution in [0.1, 0.15) is 6.42 Å². The molecule has 2 heteroatoms. The van der Waals surface area contributed by atoms with Gasteiger partial charge in [-0.15, -0.1) is 0 Å². The molecule has 3 aliphatic rings. The maximum absolute atomic E-state index is 9.32. The predicted molar refractivity (Wildman–Crippen MR) is 35.1 cm³/mol. The third-order valence-electron chi connectivity index (χ3n) is 2.66. The molecule has 3 atom stereocenters. The minimum Gasteiger partial charge on any atom is -0.392 e. The largest absolute Gasteiger partial charge is 0.392 e. The fraction of sp³-hybridized carbons (Fsp3) is 1.00. The number of piperidine rings is 2. The van der Waals surface area contributed by atoms with Gasteiger partial charge >= 0.3 is 0 Å². The summed E-state index contributed by atoms with van der Waals surface area (Å²) >= 11 is 0. The van der Waals surface area contributed by atoms with E-state index in [1.165, 1.54) is 6.42 Å². The molecule has 1 aliphatic carbocycles. The minimum absolute atomic E-state index is 0.0428. The van der Waals surface area contributed by atoms with Crippen LogP contribution >= 0.6 is 0 Å². The highest BCUT2D eigenvalue weighted by molar-refractivity contribution is 4.96. The Balaban J connectivity index is 2.01. The molecule has 2 nitrogen and oxygen atoms in total. The summed E-state index contributed by atoms with van der Waals surface area (Å²) < 4.78 is 0. The van der Waals surface area contributed by atoms with Gasteiger partial charge in [0, 0.05) is 13.1 Å². The Labute approximate surface area is 55.5 Å². The average molecular weight is 127 g/mol. The highest BCUT2D eigenvalue weighted by Gasteiger charge is 2.44. The zero-order valence-corrected chi connectivity index (χ0v) is 5.75. The van der Waals surface area contributed by atoms with Crippen molar-refractivity contribution in [3.05, 3.63) is 0 Å². The monoisotopic (exact) mass is 127 g/mol. The second-order valence-corrected chi connectivity index (χ2v) is 3.47. The van der Waals surface area contributed by atoms with Crippen LogP contribution in [0.4, 0.5) is 0 Å². The molecule has 0 amide bonds. The van der Waals surface area contributed by atoms with Gasteiger partial charge in [-0.2, -0.15) is 0 Å². The molecule has 1 N–H and O–H groups in total. The molecular formula is C7H13NO. The van der Waals surface area contributed by atoms with Crippen LogP contribution in [0, 0.1) is 11.8 Å². The van der Waals surface area contributed by atoms with Crippen molar-refractivity contribution in [3.63, 3.8) is 0 Å². The molecule has 2 heterocycles. The summed E-state index contributed by atoms with van der Waals surface area (Å²) in [6.45, 7) is 2.22. The smallest absolute Gasteiger partial charge is 0.0621 e. The normalized spacial score (nSPS) is 50.7. The summed E-state index contributed by atoms with van der Waals surface area (Å²) in [5.74, 6) is 1.21. The van der Waals surface area contributed by atoms with Gasteiger partial charge in [0.05, 0.1) is 6.10 Å². The zero-order valence-electron chi connectivity index (χ0n) is 5.75. The Bertz CT molecular complexity index is 114. The van der Waals surface area contributed by atoms with Crippen LogP contribution in [0.2, 0.25) is 0 Å². The first kappa shape index (κ1) is 5.69. The lowest BCUT2D eigenvalue weighted by atomic mass is 9.68. The van der Waals surface area contributed by atoms with Crippen LogP contribution in [-0.4, -0.2) is 36.2 Å². The van der Waals surface area contributed by atoms with Gasteiger partial charge in [-0.25, -0.2) is 0 Å². The first-order valence-corrected chi connectivity index (χ1v) is 3.64. The summed E-state index contributed by atoms with van der Waals surface area (Å²) in [6.07, 6.45) is 1.31. The molecule has 3 rings (SSSR count). The van der Waals surface area contributed by atoms with E-state index >= 15 is 0 Å². The van der Waals surface area contributed by atoms with Gasteiger partial charge in [0.1, 0.15) is 0 Å². The predicted octanol–water partition coefficient (Wildman–Crippen LogP) is -0.0712. The highest BCUT2D eigenvalue weighted by atomic mass is 16.3. The van der Waals surface area contributed by atoms with E-state index in [0.717, 1.165) is 13.1 Å². The SMILES string of the molecule is CN1C[C@H]2C[C@@H](C1)[C@H]2O. The number of nitrogens with zero attached hydrogens (tertiary/aromatic N) is 1. The van der Waals surface area contributed by atoms with Gasteiger partial charge < -0.3 is 10.0 Å². The molecule has 3 fully saturated rings. The van der Waals surface area contributed by atoms with E-state index < -0.39 is 0 Å². The van der Waals surface area contributed by atoms with Crippen molar-refractivity contribution < 1.29 is 5.11 Å². The van der Waals surface area contributed by atoms with Crippen LogP contribution in [-0.2, 0) is 0 Å². The van der Waals surface area contributed by atoms with Crippen molar-refractivity contribution in [2.24, 2.45) is 11.8 Å². The Morgan fingerprint density at radius 2 is 1.89 bits per heavy atom. The maximum Gasteiger partial charge on any atom is 0.0621 e. The quantitative estimate of drug-likeness (QED) is 0.492. The zero-order chi connectivity index (χ0) is 6.43. The summed E-state index contributed by atoms with van der Waals surface area (Å²) in [7, 11) is 2.13. The molecule has 2 saturated heterocycles. The third kappa shape index (κ3) is 0.700. The second kappa shape index (κ2) is 1.70. The van der Waals surface area contributed by atoms with E-state index in [1.54, 1.807) is 0 Å². The Hall–Kier alpha value is -0.0800. The number of rotatable bonds is 0. The number of fused-ring (bicyclic) bond motifs is 2. The van der Waals surface area contributed by atoms with E-state index in [2.05, 4.69) is 11.9 Å². The Morgan fingerprint density at radius 3 is 2.22 bits per heavy atom. The van der Waals surface area contributed by atoms with Crippen molar-refractivity contribution >= 4 is 0 Å². The molecule has 0 aromatic carbocycles.